The van der Waals surface area contributed by atoms with E-state index in [1.54, 1.807) is 32.0 Å². The molecule has 0 spiro atoms. The van der Waals surface area contributed by atoms with Crippen LogP contribution in [-0.2, 0) is 9.53 Å². The zero-order valence-electron chi connectivity index (χ0n) is 9.00. The van der Waals surface area contributed by atoms with Crippen molar-refractivity contribution >= 4 is 29.2 Å². The Hall–Kier alpha value is -0.930. The summed E-state index contributed by atoms with van der Waals surface area (Å²) in [5.74, 6) is -0.148. The molecule has 0 unspecified atom stereocenters. The van der Waals surface area contributed by atoms with E-state index >= 15 is 0 Å². The molecular formula is C11H12Cl2O3. The van der Waals surface area contributed by atoms with Crippen LogP contribution < -0.4 is 4.74 Å². The van der Waals surface area contributed by atoms with Crippen LogP contribution in [0.1, 0.15) is 13.8 Å². The number of ether oxygens (including phenoxy) is 2. The van der Waals surface area contributed by atoms with E-state index in [0.29, 0.717) is 22.4 Å². The van der Waals surface area contributed by atoms with Crippen molar-refractivity contribution in [3.05, 3.63) is 28.2 Å². The first kappa shape index (κ1) is 13.1. The molecule has 1 aromatic rings. The predicted molar refractivity (Wildman–Crippen MR) is 63.2 cm³/mol. The van der Waals surface area contributed by atoms with E-state index in [-0.39, 0.29) is 0 Å². The molecule has 1 atom stereocenters. The highest BCUT2D eigenvalue weighted by atomic mass is 35.5. The van der Waals surface area contributed by atoms with Crippen molar-refractivity contribution in [1.82, 2.24) is 0 Å². The number of hydrogen-bond donors (Lipinski definition) is 0. The van der Waals surface area contributed by atoms with Crippen LogP contribution in [0.2, 0.25) is 10.0 Å². The Morgan fingerprint density at radius 1 is 1.38 bits per heavy atom. The zero-order valence-corrected chi connectivity index (χ0v) is 10.5. The Morgan fingerprint density at radius 3 is 2.44 bits per heavy atom. The van der Waals surface area contributed by atoms with Gasteiger partial charge in [-0.3, -0.25) is 0 Å². The molecule has 0 amide bonds. The molecule has 0 N–H and O–H groups in total. The second kappa shape index (κ2) is 5.97. The predicted octanol–water partition coefficient (Wildman–Crippen LogP) is 3.32. The summed E-state index contributed by atoms with van der Waals surface area (Å²) < 4.78 is 10.2. The number of hydrogen-bond acceptors (Lipinski definition) is 3. The summed E-state index contributed by atoms with van der Waals surface area (Å²) in [6.45, 7) is 3.62. The molecular weight excluding hydrogens is 251 g/mol. The Labute approximate surface area is 104 Å². The maximum absolute atomic E-state index is 11.3. The number of esters is 1. The van der Waals surface area contributed by atoms with Crippen molar-refractivity contribution in [2.75, 3.05) is 6.61 Å². The number of para-hydroxylation sites is 1. The van der Waals surface area contributed by atoms with Crippen LogP contribution in [0.5, 0.6) is 5.75 Å². The molecule has 16 heavy (non-hydrogen) atoms. The molecule has 5 heteroatoms. The van der Waals surface area contributed by atoms with Crippen LogP contribution in [0, 0.1) is 0 Å². The van der Waals surface area contributed by atoms with E-state index < -0.39 is 12.1 Å². The molecule has 0 bridgehead atoms. The van der Waals surface area contributed by atoms with Gasteiger partial charge in [-0.2, -0.15) is 0 Å². The van der Waals surface area contributed by atoms with Gasteiger partial charge in [-0.15, -0.1) is 0 Å². The second-order valence-corrected chi connectivity index (χ2v) is 3.88. The minimum Gasteiger partial charge on any atom is -0.476 e. The first-order valence-corrected chi connectivity index (χ1v) is 5.59. The average Bonchev–Trinajstić information content (AvgIpc) is 2.23. The maximum Gasteiger partial charge on any atom is 0.347 e. The minimum atomic E-state index is -0.739. The van der Waals surface area contributed by atoms with Crippen molar-refractivity contribution in [1.29, 1.82) is 0 Å². The van der Waals surface area contributed by atoms with Gasteiger partial charge in [0.25, 0.3) is 0 Å². The SMILES string of the molecule is CCOC(=O)[C@@H](C)Oc1c(Cl)cccc1Cl. The molecule has 0 aliphatic carbocycles. The second-order valence-electron chi connectivity index (χ2n) is 3.06. The van der Waals surface area contributed by atoms with Crippen LogP contribution in [0.3, 0.4) is 0 Å². The number of carbonyl (C=O) groups is 1. The molecule has 0 aliphatic heterocycles. The van der Waals surface area contributed by atoms with E-state index in [0.717, 1.165) is 0 Å². The third-order valence-electron chi connectivity index (χ3n) is 1.83. The fraction of sp³-hybridized carbons (Fsp3) is 0.364. The van der Waals surface area contributed by atoms with E-state index in [1.165, 1.54) is 0 Å². The van der Waals surface area contributed by atoms with Crippen molar-refractivity contribution < 1.29 is 14.3 Å². The lowest BCUT2D eigenvalue weighted by Gasteiger charge is -2.15. The summed E-state index contributed by atoms with van der Waals surface area (Å²) in [6.07, 6.45) is -0.739. The summed E-state index contributed by atoms with van der Waals surface area (Å²) in [5.41, 5.74) is 0. The summed E-state index contributed by atoms with van der Waals surface area (Å²) >= 11 is 11.8. The molecule has 0 aliphatic rings. The van der Waals surface area contributed by atoms with Crippen LogP contribution >= 0.6 is 23.2 Å². The van der Waals surface area contributed by atoms with E-state index in [1.807, 2.05) is 0 Å². The quantitative estimate of drug-likeness (QED) is 0.781. The van der Waals surface area contributed by atoms with Crippen LogP contribution in [-0.4, -0.2) is 18.7 Å². The molecule has 0 fully saturated rings. The molecule has 0 saturated carbocycles. The highest BCUT2D eigenvalue weighted by Crippen LogP contribution is 2.33. The van der Waals surface area contributed by atoms with E-state index in [2.05, 4.69) is 0 Å². The highest BCUT2D eigenvalue weighted by Gasteiger charge is 2.18. The lowest BCUT2D eigenvalue weighted by atomic mass is 10.3. The first-order valence-electron chi connectivity index (χ1n) is 4.83. The van der Waals surface area contributed by atoms with Gasteiger partial charge in [0.15, 0.2) is 11.9 Å². The van der Waals surface area contributed by atoms with Crippen molar-refractivity contribution in [2.45, 2.75) is 20.0 Å². The summed E-state index contributed by atoms with van der Waals surface area (Å²) in [6, 6.07) is 4.98. The largest absolute Gasteiger partial charge is 0.476 e. The van der Waals surface area contributed by atoms with Crippen LogP contribution in [0.4, 0.5) is 0 Å². The van der Waals surface area contributed by atoms with Gasteiger partial charge in [0.2, 0.25) is 0 Å². The van der Waals surface area contributed by atoms with Gasteiger partial charge < -0.3 is 9.47 Å². The average molecular weight is 263 g/mol. The number of rotatable bonds is 4. The maximum atomic E-state index is 11.3. The Morgan fingerprint density at radius 2 is 1.94 bits per heavy atom. The third-order valence-corrected chi connectivity index (χ3v) is 2.43. The first-order chi connectivity index (χ1) is 7.56. The van der Waals surface area contributed by atoms with Gasteiger partial charge in [0.1, 0.15) is 0 Å². The van der Waals surface area contributed by atoms with Crippen molar-refractivity contribution in [2.24, 2.45) is 0 Å². The zero-order chi connectivity index (χ0) is 12.1. The molecule has 0 saturated heterocycles. The van der Waals surface area contributed by atoms with Gasteiger partial charge in [0.05, 0.1) is 16.7 Å². The lowest BCUT2D eigenvalue weighted by molar-refractivity contribution is -0.150. The Kier molecular flexibility index (Phi) is 4.90. The number of carbonyl (C=O) groups excluding carboxylic acids is 1. The normalized spacial score (nSPS) is 12.0. The van der Waals surface area contributed by atoms with Crippen molar-refractivity contribution in [3.63, 3.8) is 0 Å². The molecule has 3 nitrogen and oxygen atoms in total. The molecule has 1 rings (SSSR count). The smallest absolute Gasteiger partial charge is 0.347 e. The monoisotopic (exact) mass is 262 g/mol. The summed E-state index contributed by atoms with van der Waals surface area (Å²) in [7, 11) is 0. The fourth-order valence-electron chi connectivity index (χ4n) is 1.08. The standard InChI is InChI=1S/C11H12Cl2O3/c1-3-15-11(14)7(2)16-10-8(12)5-4-6-9(10)13/h4-7H,3H2,1-2H3/t7-/m1/s1. The molecule has 0 heterocycles. The number of halogens is 2. The minimum absolute atomic E-state index is 0.298. The summed E-state index contributed by atoms with van der Waals surface area (Å²) in [4.78, 5) is 11.3. The fourth-order valence-corrected chi connectivity index (χ4v) is 1.57. The van der Waals surface area contributed by atoms with Gasteiger partial charge in [-0.05, 0) is 26.0 Å². The van der Waals surface area contributed by atoms with Gasteiger partial charge >= 0.3 is 5.97 Å². The lowest BCUT2D eigenvalue weighted by Crippen LogP contribution is -2.26. The van der Waals surface area contributed by atoms with E-state index in [9.17, 15) is 4.79 Å². The van der Waals surface area contributed by atoms with Crippen LogP contribution in [0.15, 0.2) is 18.2 Å². The molecule has 88 valence electrons. The van der Waals surface area contributed by atoms with Crippen LogP contribution in [0.25, 0.3) is 0 Å². The molecule has 1 aromatic carbocycles. The summed E-state index contributed by atoms with van der Waals surface area (Å²) in [5, 5.41) is 0.729. The topological polar surface area (TPSA) is 35.5 Å². The molecule has 0 aromatic heterocycles. The molecule has 0 radical (unpaired) electrons. The Bertz CT molecular complexity index is 359. The number of benzene rings is 1. The third kappa shape index (κ3) is 3.29. The van der Waals surface area contributed by atoms with Crippen molar-refractivity contribution in [3.8, 4) is 5.75 Å². The van der Waals surface area contributed by atoms with Gasteiger partial charge in [-0.1, -0.05) is 29.3 Å². The van der Waals surface area contributed by atoms with Gasteiger partial charge in [0, 0.05) is 0 Å². The highest BCUT2D eigenvalue weighted by molar-refractivity contribution is 6.37. The Balaban J connectivity index is 2.76. The van der Waals surface area contributed by atoms with E-state index in [4.69, 9.17) is 32.7 Å². The van der Waals surface area contributed by atoms with Gasteiger partial charge in [-0.25, -0.2) is 4.79 Å².